The van der Waals surface area contributed by atoms with E-state index in [0.29, 0.717) is 22.5 Å². The van der Waals surface area contributed by atoms with E-state index in [2.05, 4.69) is 10.3 Å². The van der Waals surface area contributed by atoms with E-state index in [0.717, 1.165) is 17.8 Å². The summed E-state index contributed by atoms with van der Waals surface area (Å²) >= 11 is 0. The molecule has 0 fully saturated rings. The first-order valence-corrected chi connectivity index (χ1v) is 8.67. The smallest absolute Gasteiger partial charge is 0.339 e. The SMILES string of the molecule is CC(C)c1cc(C(=O)OCC(=O)Nc2ccc(F)cc2F)c2ccccc2n1. The average molecular weight is 384 g/mol. The fourth-order valence-corrected chi connectivity index (χ4v) is 2.65. The summed E-state index contributed by atoms with van der Waals surface area (Å²) in [5.74, 6) is -2.99. The fraction of sp³-hybridized carbons (Fsp3) is 0.190. The predicted molar refractivity (Wildman–Crippen MR) is 101 cm³/mol. The van der Waals surface area contributed by atoms with Gasteiger partial charge in [0.2, 0.25) is 0 Å². The molecule has 0 saturated heterocycles. The number of ether oxygens (including phenoxy) is 1. The Morgan fingerprint density at radius 3 is 2.57 bits per heavy atom. The Morgan fingerprint density at radius 1 is 1.11 bits per heavy atom. The monoisotopic (exact) mass is 384 g/mol. The van der Waals surface area contributed by atoms with Gasteiger partial charge < -0.3 is 10.1 Å². The van der Waals surface area contributed by atoms with Crippen LogP contribution in [0.15, 0.2) is 48.5 Å². The summed E-state index contributed by atoms with van der Waals surface area (Å²) in [5, 5.41) is 2.85. The van der Waals surface area contributed by atoms with Crippen molar-refractivity contribution in [1.82, 2.24) is 4.98 Å². The number of hydrogen-bond acceptors (Lipinski definition) is 4. The Morgan fingerprint density at radius 2 is 1.86 bits per heavy atom. The summed E-state index contributed by atoms with van der Waals surface area (Å²) in [4.78, 5) is 29.0. The molecule has 0 aliphatic carbocycles. The number of esters is 1. The van der Waals surface area contributed by atoms with Crippen LogP contribution in [0.1, 0.15) is 35.8 Å². The molecule has 0 bridgehead atoms. The van der Waals surface area contributed by atoms with Crippen molar-refractivity contribution in [2.24, 2.45) is 0 Å². The number of para-hydroxylation sites is 1. The van der Waals surface area contributed by atoms with Gasteiger partial charge in [-0.05, 0) is 30.2 Å². The first kappa shape index (κ1) is 19.4. The highest BCUT2D eigenvalue weighted by Gasteiger charge is 2.17. The third-order valence-electron chi connectivity index (χ3n) is 4.09. The van der Waals surface area contributed by atoms with E-state index in [-0.39, 0.29) is 11.6 Å². The lowest BCUT2D eigenvalue weighted by Crippen LogP contribution is -2.21. The van der Waals surface area contributed by atoms with Crippen molar-refractivity contribution >= 4 is 28.5 Å². The van der Waals surface area contributed by atoms with Gasteiger partial charge in [0.05, 0.1) is 16.8 Å². The van der Waals surface area contributed by atoms with Crippen LogP contribution in [-0.4, -0.2) is 23.5 Å². The van der Waals surface area contributed by atoms with E-state index in [1.165, 1.54) is 0 Å². The second-order valence-corrected chi connectivity index (χ2v) is 6.52. The van der Waals surface area contributed by atoms with Crippen LogP contribution in [-0.2, 0) is 9.53 Å². The molecule has 1 N–H and O–H groups in total. The van der Waals surface area contributed by atoms with Crippen LogP contribution in [0.5, 0.6) is 0 Å². The number of rotatable bonds is 5. The molecular weight excluding hydrogens is 366 g/mol. The molecule has 1 aromatic heterocycles. The minimum absolute atomic E-state index is 0.0981. The van der Waals surface area contributed by atoms with Crippen molar-refractivity contribution in [3.8, 4) is 0 Å². The molecule has 3 rings (SSSR count). The summed E-state index contributed by atoms with van der Waals surface area (Å²) in [5.41, 5.74) is 1.48. The van der Waals surface area contributed by atoms with Gasteiger partial charge in [0, 0.05) is 17.1 Å². The Hall–Kier alpha value is -3.35. The molecule has 2 aromatic carbocycles. The first-order chi connectivity index (χ1) is 13.3. The van der Waals surface area contributed by atoms with Crippen LogP contribution in [0.3, 0.4) is 0 Å². The number of halogens is 2. The lowest BCUT2D eigenvalue weighted by Gasteiger charge is -2.12. The van der Waals surface area contributed by atoms with Gasteiger partial charge in [-0.1, -0.05) is 32.0 Å². The lowest BCUT2D eigenvalue weighted by molar-refractivity contribution is -0.119. The molecule has 3 aromatic rings. The van der Waals surface area contributed by atoms with Gasteiger partial charge in [0.1, 0.15) is 11.6 Å². The van der Waals surface area contributed by atoms with Gasteiger partial charge in [-0.15, -0.1) is 0 Å². The minimum Gasteiger partial charge on any atom is -0.452 e. The highest BCUT2D eigenvalue weighted by Crippen LogP contribution is 2.23. The van der Waals surface area contributed by atoms with Crippen molar-refractivity contribution in [1.29, 1.82) is 0 Å². The molecular formula is C21H18F2N2O3. The van der Waals surface area contributed by atoms with Gasteiger partial charge in [-0.25, -0.2) is 13.6 Å². The molecule has 0 saturated carbocycles. The van der Waals surface area contributed by atoms with E-state index < -0.39 is 30.1 Å². The molecule has 5 nitrogen and oxygen atoms in total. The standard InChI is InChI=1S/C21H18F2N2O3/c1-12(2)19-10-15(14-5-3-4-6-17(14)24-19)21(27)28-11-20(26)25-18-8-7-13(22)9-16(18)23/h3-10,12H,11H2,1-2H3,(H,25,26). The largest absolute Gasteiger partial charge is 0.452 e. The summed E-state index contributed by atoms with van der Waals surface area (Å²) in [6, 6.07) is 11.5. The van der Waals surface area contributed by atoms with Gasteiger partial charge in [0.25, 0.3) is 5.91 Å². The molecule has 0 aliphatic heterocycles. The molecule has 1 amide bonds. The third kappa shape index (κ3) is 4.31. The lowest BCUT2D eigenvalue weighted by atomic mass is 10.0. The van der Waals surface area contributed by atoms with Gasteiger partial charge in [-0.3, -0.25) is 9.78 Å². The van der Waals surface area contributed by atoms with E-state index in [1.807, 2.05) is 19.9 Å². The topological polar surface area (TPSA) is 68.3 Å². The van der Waals surface area contributed by atoms with Crippen LogP contribution >= 0.6 is 0 Å². The summed E-state index contributed by atoms with van der Waals surface area (Å²) in [6.45, 7) is 3.30. The zero-order chi connectivity index (χ0) is 20.3. The maximum absolute atomic E-state index is 13.6. The number of aromatic nitrogens is 1. The van der Waals surface area contributed by atoms with Crippen molar-refractivity contribution < 1.29 is 23.1 Å². The number of pyridine rings is 1. The van der Waals surface area contributed by atoms with Crippen LogP contribution in [0, 0.1) is 11.6 Å². The Bertz CT molecular complexity index is 1050. The summed E-state index contributed by atoms with van der Waals surface area (Å²) < 4.78 is 31.6. The number of nitrogens with zero attached hydrogens (tertiary/aromatic N) is 1. The number of benzene rings is 2. The highest BCUT2D eigenvalue weighted by molar-refractivity contribution is 6.04. The van der Waals surface area contributed by atoms with Gasteiger partial charge >= 0.3 is 5.97 Å². The van der Waals surface area contributed by atoms with Crippen LogP contribution in [0.4, 0.5) is 14.5 Å². The maximum Gasteiger partial charge on any atom is 0.339 e. The molecule has 1 heterocycles. The molecule has 0 aliphatic rings. The van der Waals surface area contributed by atoms with Crippen LogP contribution < -0.4 is 5.32 Å². The van der Waals surface area contributed by atoms with Gasteiger partial charge in [0.15, 0.2) is 6.61 Å². The quantitative estimate of drug-likeness (QED) is 0.661. The Kier molecular flexibility index (Phi) is 5.63. The maximum atomic E-state index is 13.6. The van der Waals surface area contributed by atoms with Crippen LogP contribution in [0.2, 0.25) is 0 Å². The number of anilines is 1. The molecule has 144 valence electrons. The second-order valence-electron chi connectivity index (χ2n) is 6.52. The number of amides is 1. The van der Waals surface area contributed by atoms with Crippen molar-refractivity contribution in [3.63, 3.8) is 0 Å². The van der Waals surface area contributed by atoms with E-state index >= 15 is 0 Å². The normalized spacial score (nSPS) is 10.9. The molecule has 7 heteroatoms. The van der Waals surface area contributed by atoms with Crippen molar-refractivity contribution in [2.75, 3.05) is 11.9 Å². The van der Waals surface area contributed by atoms with E-state index in [4.69, 9.17) is 4.74 Å². The average Bonchev–Trinajstić information content (AvgIpc) is 2.67. The second kappa shape index (κ2) is 8.12. The molecule has 0 radical (unpaired) electrons. The Balaban J connectivity index is 1.75. The third-order valence-corrected chi connectivity index (χ3v) is 4.09. The minimum atomic E-state index is -0.915. The van der Waals surface area contributed by atoms with E-state index in [1.54, 1.807) is 24.3 Å². The molecule has 28 heavy (non-hydrogen) atoms. The molecule has 0 atom stereocenters. The number of fused-ring (bicyclic) bond motifs is 1. The van der Waals surface area contributed by atoms with Crippen molar-refractivity contribution in [3.05, 3.63) is 71.4 Å². The number of carbonyl (C=O) groups is 2. The highest BCUT2D eigenvalue weighted by atomic mass is 19.1. The molecule has 0 unspecified atom stereocenters. The summed E-state index contributed by atoms with van der Waals surface area (Å²) in [7, 11) is 0. The van der Waals surface area contributed by atoms with Crippen LogP contribution in [0.25, 0.3) is 10.9 Å². The fourth-order valence-electron chi connectivity index (χ4n) is 2.65. The zero-order valence-electron chi connectivity index (χ0n) is 15.3. The summed E-state index contributed by atoms with van der Waals surface area (Å²) in [6.07, 6.45) is 0. The van der Waals surface area contributed by atoms with E-state index in [9.17, 15) is 18.4 Å². The first-order valence-electron chi connectivity index (χ1n) is 8.67. The van der Waals surface area contributed by atoms with Crippen molar-refractivity contribution in [2.45, 2.75) is 19.8 Å². The number of hydrogen-bond donors (Lipinski definition) is 1. The predicted octanol–water partition coefficient (Wildman–Crippen LogP) is 4.43. The number of carbonyl (C=O) groups excluding carboxylic acids is 2. The zero-order valence-corrected chi connectivity index (χ0v) is 15.3. The number of nitrogens with one attached hydrogen (secondary N) is 1. The Labute approximate surface area is 160 Å². The van der Waals surface area contributed by atoms with Gasteiger partial charge in [-0.2, -0.15) is 0 Å². The molecule has 0 spiro atoms.